The molecule has 0 saturated carbocycles. The molecule has 0 fully saturated rings. The molecule has 0 bridgehead atoms. The minimum Gasteiger partial charge on any atom is -0.436 e. The number of hydrogen-bond donors (Lipinski definition) is 1. The number of fused-ring (bicyclic) bond motifs is 1. The molecule has 0 aliphatic heterocycles. The molecule has 8 heteroatoms. The molecule has 0 aromatic carbocycles. The van der Waals surface area contributed by atoms with Crippen LogP contribution in [-0.2, 0) is 0 Å². The summed E-state index contributed by atoms with van der Waals surface area (Å²) in [6, 6.07) is 10.9. The number of hydrogen-bond acceptors (Lipinski definition) is 6. The van der Waals surface area contributed by atoms with Gasteiger partial charge in [-0.1, -0.05) is 17.7 Å². The van der Waals surface area contributed by atoms with Crippen molar-refractivity contribution in [2.75, 3.05) is 0 Å². The molecule has 1 unspecified atom stereocenters. The number of aromatic nitrogens is 5. The Morgan fingerprint density at radius 1 is 1.11 bits per heavy atom. The molecular weight excluding hydrogens is 366 g/mol. The first-order valence-corrected chi connectivity index (χ1v) is 8.69. The highest BCUT2D eigenvalue weighted by Crippen LogP contribution is 2.29. The van der Waals surface area contributed by atoms with Crippen LogP contribution in [0.1, 0.15) is 24.3 Å². The van der Waals surface area contributed by atoms with Gasteiger partial charge in [0.25, 0.3) is 0 Å². The molecule has 7 nitrogen and oxygen atoms in total. The van der Waals surface area contributed by atoms with Gasteiger partial charge < -0.3 is 9.84 Å². The number of aryl methyl sites for hydroxylation is 1. The van der Waals surface area contributed by atoms with Crippen LogP contribution >= 0.6 is 11.6 Å². The highest BCUT2D eigenvalue weighted by Gasteiger charge is 2.13. The van der Waals surface area contributed by atoms with Gasteiger partial charge in [0.2, 0.25) is 5.88 Å². The van der Waals surface area contributed by atoms with Gasteiger partial charge in [-0.3, -0.25) is 0 Å². The topological polar surface area (TPSA) is 85.4 Å². The van der Waals surface area contributed by atoms with Gasteiger partial charge in [-0.05, 0) is 38.1 Å². The van der Waals surface area contributed by atoms with Crippen molar-refractivity contribution in [3.63, 3.8) is 0 Å². The largest absolute Gasteiger partial charge is 0.436 e. The van der Waals surface area contributed by atoms with E-state index in [4.69, 9.17) is 16.3 Å². The van der Waals surface area contributed by atoms with Crippen LogP contribution in [0, 0.1) is 6.92 Å². The molecule has 4 aromatic rings. The maximum atomic E-state index is 9.70. The lowest BCUT2D eigenvalue weighted by atomic mass is 10.1. The van der Waals surface area contributed by atoms with Crippen LogP contribution in [0.4, 0.5) is 0 Å². The molecule has 27 heavy (non-hydrogen) atoms. The van der Waals surface area contributed by atoms with Gasteiger partial charge in [-0.2, -0.15) is 10.2 Å². The van der Waals surface area contributed by atoms with E-state index >= 15 is 0 Å². The Labute approximate surface area is 160 Å². The molecule has 0 radical (unpaired) electrons. The first-order valence-electron chi connectivity index (χ1n) is 8.32. The summed E-state index contributed by atoms with van der Waals surface area (Å²) in [5.74, 6) is 1.00. The van der Waals surface area contributed by atoms with Crippen LogP contribution in [-0.4, -0.2) is 29.9 Å². The smallest absolute Gasteiger partial charge is 0.238 e. The summed E-state index contributed by atoms with van der Waals surface area (Å²) in [4.78, 5) is 4.39. The third-order valence-corrected chi connectivity index (χ3v) is 4.39. The Hall–Kier alpha value is -3.03. The Balaban J connectivity index is 1.66. The van der Waals surface area contributed by atoms with Crippen LogP contribution < -0.4 is 4.74 Å². The van der Waals surface area contributed by atoms with Crippen LogP contribution in [0.3, 0.4) is 0 Å². The van der Waals surface area contributed by atoms with E-state index in [0.717, 1.165) is 16.8 Å². The minimum absolute atomic E-state index is 0.278. The van der Waals surface area contributed by atoms with Gasteiger partial charge in [0.15, 0.2) is 0 Å². The van der Waals surface area contributed by atoms with Crippen LogP contribution in [0.25, 0.3) is 16.8 Å². The van der Waals surface area contributed by atoms with Crippen LogP contribution in [0.2, 0.25) is 5.15 Å². The molecule has 1 atom stereocenters. The Kier molecular flexibility index (Phi) is 4.47. The molecular formula is C19H16ClN5O2. The molecule has 0 saturated heterocycles. The monoisotopic (exact) mass is 381 g/mol. The van der Waals surface area contributed by atoms with Crippen molar-refractivity contribution < 1.29 is 9.84 Å². The van der Waals surface area contributed by atoms with Crippen molar-refractivity contribution in [1.82, 2.24) is 24.8 Å². The lowest BCUT2D eigenvalue weighted by molar-refractivity contribution is 0.199. The van der Waals surface area contributed by atoms with E-state index in [0.29, 0.717) is 22.9 Å². The molecule has 0 spiro atoms. The second-order valence-electron chi connectivity index (χ2n) is 6.12. The zero-order valence-electron chi connectivity index (χ0n) is 14.7. The van der Waals surface area contributed by atoms with Crippen molar-refractivity contribution in [2.24, 2.45) is 0 Å². The molecule has 4 heterocycles. The van der Waals surface area contributed by atoms with Gasteiger partial charge in [0.1, 0.15) is 10.9 Å². The minimum atomic E-state index is -0.674. The molecule has 0 aliphatic rings. The molecule has 136 valence electrons. The summed E-state index contributed by atoms with van der Waals surface area (Å²) in [7, 11) is 0. The zero-order chi connectivity index (χ0) is 19.0. The van der Waals surface area contributed by atoms with Crippen molar-refractivity contribution in [3.8, 4) is 22.9 Å². The molecule has 0 amide bonds. The van der Waals surface area contributed by atoms with Gasteiger partial charge in [-0.25, -0.2) is 9.50 Å². The molecule has 1 N–H and O–H groups in total. The highest BCUT2D eigenvalue weighted by molar-refractivity contribution is 6.30. The Bertz CT molecular complexity index is 1110. The zero-order valence-corrected chi connectivity index (χ0v) is 15.4. The fourth-order valence-electron chi connectivity index (χ4n) is 2.69. The first kappa shape index (κ1) is 17.4. The fraction of sp³-hybridized carbons (Fsp3) is 0.158. The SMILES string of the molecule is Cc1ccc(Oc2ccc3c(-c4ccc(C(C)O)c(Cl)n4)cnn3c2)nn1. The Morgan fingerprint density at radius 3 is 2.67 bits per heavy atom. The van der Waals surface area contributed by atoms with E-state index in [1.165, 1.54) is 0 Å². The quantitative estimate of drug-likeness (QED) is 0.538. The van der Waals surface area contributed by atoms with E-state index in [9.17, 15) is 5.11 Å². The average Bonchev–Trinajstić information content (AvgIpc) is 3.06. The van der Waals surface area contributed by atoms with Gasteiger partial charge >= 0.3 is 0 Å². The summed E-state index contributed by atoms with van der Waals surface area (Å²) in [5.41, 5.74) is 3.77. The summed E-state index contributed by atoms with van der Waals surface area (Å²) in [6.07, 6.45) is 2.80. The standard InChI is InChI=1S/C19H16ClN5O2/c1-11-3-8-18(24-23-11)27-13-4-7-17-15(9-21-25(17)10-13)16-6-5-14(12(2)26)19(20)22-16/h3-10,12,26H,1-2H3. The molecule has 4 aromatic heterocycles. The van der Waals surface area contributed by atoms with Crippen LogP contribution in [0.15, 0.2) is 48.8 Å². The fourth-order valence-corrected chi connectivity index (χ4v) is 3.00. The summed E-state index contributed by atoms with van der Waals surface area (Å²) < 4.78 is 7.42. The van der Waals surface area contributed by atoms with E-state index in [2.05, 4.69) is 20.3 Å². The van der Waals surface area contributed by atoms with Crippen molar-refractivity contribution in [2.45, 2.75) is 20.0 Å². The van der Waals surface area contributed by atoms with Crippen molar-refractivity contribution >= 4 is 17.1 Å². The van der Waals surface area contributed by atoms with Gasteiger partial charge in [0, 0.05) is 17.2 Å². The van der Waals surface area contributed by atoms with Crippen LogP contribution in [0.5, 0.6) is 11.6 Å². The maximum absolute atomic E-state index is 9.70. The van der Waals surface area contributed by atoms with Crippen molar-refractivity contribution in [1.29, 1.82) is 0 Å². The second-order valence-corrected chi connectivity index (χ2v) is 6.48. The summed E-state index contributed by atoms with van der Waals surface area (Å²) in [6.45, 7) is 3.51. The number of halogens is 1. The molecule has 0 aliphatic carbocycles. The third kappa shape index (κ3) is 3.47. The average molecular weight is 382 g/mol. The van der Waals surface area contributed by atoms with E-state index in [-0.39, 0.29) is 5.15 Å². The number of aliphatic hydroxyl groups is 1. The number of ether oxygens (including phenoxy) is 1. The first-order chi connectivity index (χ1) is 13.0. The lowest BCUT2D eigenvalue weighted by Crippen LogP contribution is -1.96. The molecule has 4 rings (SSSR count). The Morgan fingerprint density at radius 2 is 1.96 bits per heavy atom. The lowest BCUT2D eigenvalue weighted by Gasteiger charge is -2.08. The van der Waals surface area contributed by atoms with Gasteiger partial charge in [0.05, 0.1) is 35.4 Å². The van der Waals surface area contributed by atoms with E-state index in [1.807, 2.05) is 31.2 Å². The maximum Gasteiger partial charge on any atom is 0.238 e. The predicted octanol–water partition coefficient (Wildman–Crippen LogP) is 3.99. The third-order valence-electron chi connectivity index (χ3n) is 4.09. The van der Waals surface area contributed by atoms with Crippen molar-refractivity contribution in [3.05, 3.63) is 65.2 Å². The predicted molar refractivity (Wildman–Crippen MR) is 101 cm³/mol. The second kappa shape index (κ2) is 6.94. The number of pyridine rings is 2. The number of rotatable bonds is 4. The van der Waals surface area contributed by atoms with Gasteiger partial charge in [-0.15, -0.1) is 5.10 Å². The van der Waals surface area contributed by atoms with E-state index < -0.39 is 6.10 Å². The summed E-state index contributed by atoms with van der Waals surface area (Å²) >= 11 is 6.19. The number of nitrogens with zero attached hydrogens (tertiary/aromatic N) is 5. The van der Waals surface area contributed by atoms with E-state index in [1.54, 1.807) is 36.0 Å². The number of aliphatic hydroxyl groups excluding tert-OH is 1. The summed E-state index contributed by atoms with van der Waals surface area (Å²) in [5, 5.41) is 22.3. The normalized spacial score (nSPS) is 12.3. The highest BCUT2D eigenvalue weighted by atomic mass is 35.5.